The maximum atomic E-state index is 13.0. The summed E-state index contributed by atoms with van der Waals surface area (Å²) in [5.41, 5.74) is 1.30. The van der Waals surface area contributed by atoms with Crippen molar-refractivity contribution in [2.75, 3.05) is 33.2 Å². The summed E-state index contributed by atoms with van der Waals surface area (Å²) >= 11 is 0. The van der Waals surface area contributed by atoms with Gasteiger partial charge in [0.25, 0.3) is 10.0 Å². The molecule has 0 saturated carbocycles. The number of rotatable bonds is 7. The predicted molar refractivity (Wildman–Crippen MR) is 104 cm³/mol. The number of sulfonamides is 1. The monoisotopic (exact) mass is 409 g/mol. The molecule has 0 radical (unpaired) electrons. The van der Waals surface area contributed by atoms with E-state index in [0.717, 1.165) is 5.56 Å². The Morgan fingerprint density at radius 2 is 1.57 bits per heavy atom. The van der Waals surface area contributed by atoms with Crippen molar-refractivity contribution in [3.63, 3.8) is 0 Å². The molecule has 0 amide bonds. The number of methoxy groups -OCH3 is 4. The maximum Gasteiger partial charge on any atom is 0.340 e. The first kappa shape index (κ1) is 21.4. The van der Waals surface area contributed by atoms with Crippen molar-refractivity contribution in [2.45, 2.75) is 18.7 Å². The highest BCUT2D eigenvalue weighted by atomic mass is 32.2. The van der Waals surface area contributed by atoms with E-state index in [1.165, 1.54) is 40.6 Å². The van der Waals surface area contributed by atoms with Gasteiger partial charge in [-0.25, -0.2) is 13.2 Å². The fourth-order valence-corrected chi connectivity index (χ4v) is 4.13. The third kappa shape index (κ3) is 3.99. The lowest BCUT2D eigenvalue weighted by molar-refractivity contribution is 0.0601. The van der Waals surface area contributed by atoms with Gasteiger partial charge in [-0.3, -0.25) is 4.72 Å². The molecule has 0 heterocycles. The van der Waals surface area contributed by atoms with Crippen LogP contribution in [0.25, 0.3) is 0 Å². The van der Waals surface area contributed by atoms with Crippen LogP contribution in [0.4, 0.5) is 5.69 Å². The number of hydrogen-bond donors (Lipinski definition) is 1. The number of carbonyl (C=O) groups excluding carboxylic acids is 1. The summed E-state index contributed by atoms with van der Waals surface area (Å²) in [7, 11) is 1.24. The summed E-state index contributed by atoms with van der Waals surface area (Å²) in [6.45, 7) is 3.55. The minimum absolute atomic E-state index is 0.00408. The number of hydrogen-bond acceptors (Lipinski definition) is 7. The van der Waals surface area contributed by atoms with Gasteiger partial charge in [0.2, 0.25) is 5.75 Å². The molecule has 0 aliphatic carbocycles. The van der Waals surface area contributed by atoms with E-state index in [9.17, 15) is 13.2 Å². The van der Waals surface area contributed by atoms with E-state index in [1.54, 1.807) is 19.1 Å². The molecule has 152 valence electrons. The van der Waals surface area contributed by atoms with Crippen LogP contribution in [-0.2, 0) is 14.8 Å². The molecule has 8 nitrogen and oxygen atoms in total. The Hall–Kier alpha value is -2.94. The molecule has 0 fully saturated rings. The Labute approximate surface area is 164 Å². The summed E-state index contributed by atoms with van der Waals surface area (Å²) in [6.07, 6.45) is 0. The number of anilines is 1. The molecule has 0 bridgehead atoms. The molecule has 9 heteroatoms. The topological polar surface area (TPSA) is 100 Å². The largest absolute Gasteiger partial charge is 0.493 e. The second kappa shape index (κ2) is 8.39. The Morgan fingerprint density at radius 1 is 0.929 bits per heavy atom. The van der Waals surface area contributed by atoms with Crippen LogP contribution in [0.2, 0.25) is 0 Å². The van der Waals surface area contributed by atoms with Crippen molar-refractivity contribution in [3.05, 3.63) is 41.0 Å². The van der Waals surface area contributed by atoms with E-state index in [0.29, 0.717) is 5.56 Å². The Morgan fingerprint density at radius 3 is 2.07 bits per heavy atom. The summed E-state index contributed by atoms with van der Waals surface area (Å²) in [6, 6.07) is 6.27. The van der Waals surface area contributed by atoms with E-state index >= 15 is 0 Å². The van der Waals surface area contributed by atoms with Gasteiger partial charge in [-0.15, -0.1) is 0 Å². The number of esters is 1. The zero-order valence-electron chi connectivity index (χ0n) is 16.6. The lowest BCUT2D eigenvalue weighted by Gasteiger charge is -2.20. The third-order valence-corrected chi connectivity index (χ3v) is 5.60. The molecule has 0 aliphatic heterocycles. The van der Waals surface area contributed by atoms with Gasteiger partial charge < -0.3 is 18.9 Å². The summed E-state index contributed by atoms with van der Waals surface area (Å²) in [4.78, 5) is 12.4. The molecule has 0 spiro atoms. The van der Waals surface area contributed by atoms with Crippen LogP contribution in [0, 0.1) is 13.8 Å². The van der Waals surface area contributed by atoms with Crippen LogP contribution < -0.4 is 18.9 Å². The van der Waals surface area contributed by atoms with Gasteiger partial charge in [-0.2, -0.15) is 0 Å². The molecule has 0 atom stereocenters. The Balaban J connectivity index is 2.73. The van der Waals surface area contributed by atoms with Crippen molar-refractivity contribution < 1.29 is 32.2 Å². The predicted octanol–water partition coefficient (Wildman–Crippen LogP) is 2.92. The summed E-state index contributed by atoms with van der Waals surface area (Å²) in [5.74, 6) is -0.446. The second-order valence-electron chi connectivity index (χ2n) is 5.93. The smallest absolute Gasteiger partial charge is 0.340 e. The highest BCUT2D eigenvalue weighted by Gasteiger charge is 2.29. The number of aryl methyl sites for hydroxylation is 2. The first-order valence-electron chi connectivity index (χ1n) is 8.21. The normalized spacial score (nSPS) is 10.9. The van der Waals surface area contributed by atoms with Crippen LogP contribution in [0.5, 0.6) is 17.2 Å². The number of nitrogens with one attached hydrogen (secondary N) is 1. The molecular formula is C19H23NO7S. The number of ether oxygens (including phenoxy) is 4. The average molecular weight is 409 g/mol. The van der Waals surface area contributed by atoms with Gasteiger partial charge >= 0.3 is 5.97 Å². The standard InChI is InChI=1S/C19H23NO7S/c1-11-7-8-15(12(2)9-11)28(22,23)20-16-13(19(21)27-6)10-14(24-3)17(25-4)18(16)26-5/h7-10,20H,1-6H3. The molecule has 2 aromatic rings. The van der Waals surface area contributed by atoms with E-state index in [-0.39, 0.29) is 33.4 Å². The highest BCUT2D eigenvalue weighted by molar-refractivity contribution is 7.92. The lowest BCUT2D eigenvalue weighted by atomic mass is 10.1. The zero-order chi connectivity index (χ0) is 21.1. The van der Waals surface area contributed by atoms with E-state index in [2.05, 4.69) is 4.72 Å². The Bertz CT molecular complexity index is 1000. The lowest BCUT2D eigenvalue weighted by Crippen LogP contribution is -2.18. The fourth-order valence-electron chi connectivity index (χ4n) is 2.82. The van der Waals surface area contributed by atoms with Crippen molar-refractivity contribution in [1.82, 2.24) is 0 Å². The van der Waals surface area contributed by atoms with Gasteiger partial charge in [0.15, 0.2) is 11.5 Å². The molecule has 28 heavy (non-hydrogen) atoms. The van der Waals surface area contributed by atoms with Gasteiger partial charge in [-0.05, 0) is 25.5 Å². The van der Waals surface area contributed by atoms with E-state index < -0.39 is 16.0 Å². The number of carbonyl (C=O) groups is 1. The van der Waals surface area contributed by atoms with Crippen LogP contribution in [0.3, 0.4) is 0 Å². The molecule has 2 rings (SSSR count). The first-order chi connectivity index (χ1) is 13.2. The van der Waals surface area contributed by atoms with E-state index in [1.807, 2.05) is 6.92 Å². The third-order valence-electron chi connectivity index (χ3n) is 4.09. The van der Waals surface area contributed by atoms with Gasteiger partial charge in [-0.1, -0.05) is 17.7 Å². The molecule has 1 N–H and O–H groups in total. The molecule has 2 aromatic carbocycles. The van der Waals surface area contributed by atoms with Crippen LogP contribution >= 0.6 is 0 Å². The van der Waals surface area contributed by atoms with Crippen molar-refractivity contribution >= 4 is 21.7 Å². The molecule has 0 aromatic heterocycles. The van der Waals surface area contributed by atoms with Crippen molar-refractivity contribution in [1.29, 1.82) is 0 Å². The quantitative estimate of drug-likeness (QED) is 0.702. The molecular weight excluding hydrogens is 386 g/mol. The maximum absolute atomic E-state index is 13.0. The summed E-state index contributed by atoms with van der Waals surface area (Å²) in [5, 5.41) is 0. The average Bonchev–Trinajstić information content (AvgIpc) is 2.65. The van der Waals surface area contributed by atoms with Gasteiger partial charge in [0, 0.05) is 6.07 Å². The van der Waals surface area contributed by atoms with Crippen molar-refractivity contribution in [3.8, 4) is 17.2 Å². The summed E-state index contributed by atoms with van der Waals surface area (Å²) < 4.78 is 49.1. The van der Waals surface area contributed by atoms with Crippen LogP contribution in [-0.4, -0.2) is 42.8 Å². The zero-order valence-corrected chi connectivity index (χ0v) is 17.4. The van der Waals surface area contributed by atoms with Crippen LogP contribution in [0.1, 0.15) is 21.5 Å². The van der Waals surface area contributed by atoms with Crippen molar-refractivity contribution in [2.24, 2.45) is 0 Å². The van der Waals surface area contributed by atoms with Crippen LogP contribution in [0.15, 0.2) is 29.2 Å². The second-order valence-corrected chi connectivity index (χ2v) is 7.58. The molecule has 0 aliphatic rings. The van der Waals surface area contributed by atoms with Gasteiger partial charge in [0.05, 0.1) is 38.9 Å². The number of benzene rings is 2. The highest BCUT2D eigenvalue weighted by Crippen LogP contribution is 2.46. The minimum atomic E-state index is -4.04. The molecule has 0 unspecified atom stereocenters. The fraction of sp³-hybridized carbons (Fsp3) is 0.316. The first-order valence-corrected chi connectivity index (χ1v) is 9.69. The Kier molecular flexibility index (Phi) is 6.40. The molecule has 0 saturated heterocycles. The van der Waals surface area contributed by atoms with E-state index in [4.69, 9.17) is 18.9 Å². The minimum Gasteiger partial charge on any atom is -0.493 e. The van der Waals surface area contributed by atoms with Gasteiger partial charge in [0.1, 0.15) is 5.69 Å². The SMILES string of the molecule is COC(=O)c1cc(OC)c(OC)c(OC)c1NS(=O)(=O)c1ccc(C)cc1C.